The molecule has 76 heavy (non-hydrogen) atoms. The van der Waals surface area contributed by atoms with Crippen molar-refractivity contribution < 1.29 is 0 Å². The van der Waals surface area contributed by atoms with Gasteiger partial charge >= 0.3 is 0 Å². The van der Waals surface area contributed by atoms with Gasteiger partial charge < -0.3 is 4.57 Å². The molecule has 356 valence electrons. The van der Waals surface area contributed by atoms with Crippen molar-refractivity contribution in [1.29, 1.82) is 0 Å². The Bertz CT molecular complexity index is 4480. The predicted octanol–water partition coefficient (Wildman–Crippen LogP) is 15.1. The number of hydrogen-bond acceptors (Lipinski definition) is 1. The van der Waals surface area contributed by atoms with E-state index in [-0.39, 0.29) is 0 Å². The van der Waals surface area contributed by atoms with Crippen molar-refractivity contribution in [3.8, 4) is 39.6 Å². The minimum absolute atomic E-state index is 0.842. The molecule has 5 heteroatoms. The highest BCUT2D eigenvalue weighted by molar-refractivity contribution is 7.20. The maximum absolute atomic E-state index is 5.71. The largest absolute Gasteiger partial charge is 0.307 e. The van der Waals surface area contributed by atoms with Crippen molar-refractivity contribution in [2.24, 2.45) is 0 Å². The fraction of sp³-hybridized carbons (Fsp3) is 0. The van der Waals surface area contributed by atoms with Gasteiger partial charge in [0.25, 0.3) is 0 Å². The fourth-order valence-corrected chi connectivity index (χ4v) is 17.6. The van der Waals surface area contributed by atoms with E-state index in [9.17, 15) is 0 Å². The standard InChI is InChI=1S/C71H48N4Si/c1-5-24-49(25-6-1)60-48-50(44-47-67(60)76(51-26-7-2-8-27-51,52-28-9-3-10-29-52)53-30-11-4-12-31-53)54-45-46-66(73-61-37-18-13-32-55(61)56-33-14-19-38-62(56)73)71-70(54)59-36-17-22-41-65(59)75(71)69-43-23-42-68(72-69)74-63-39-20-15-34-57(63)58-35-16-21-40-64(58)74/h1-48H. The number of hydrogen-bond donors (Lipinski definition) is 0. The molecule has 0 aliphatic carbocycles. The number of aromatic nitrogens is 4. The number of nitrogens with zero attached hydrogens (tertiary/aromatic N) is 4. The lowest BCUT2D eigenvalue weighted by Crippen LogP contribution is -2.75. The van der Waals surface area contributed by atoms with Gasteiger partial charge in [-0.3, -0.25) is 9.13 Å². The summed E-state index contributed by atoms with van der Waals surface area (Å²) in [6.07, 6.45) is 0. The Morgan fingerprint density at radius 2 is 0.684 bits per heavy atom. The third-order valence-electron chi connectivity index (χ3n) is 15.8. The van der Waals surface area contributed by atoms with E-state index in [1.165, 1.54) is 58.8 Å². The lowest BCUT2D eigenvalue weighted by Gasteiger charge is -2.36. The highest BCUT2D eigenvalue weighted by Crippen LogP contribution is 2.44. The van der Waals surface area contributed by atoms with E-state index in [4.69, 9.17) is 4.98 Å². The van der Waals surface area contributed by atoms with Crippen LogP contribution in [0.1, 0.15) is 0 Å². The van der Waals surface area contributed by atoms with Crippen molar-refractivity contribution in [2.75, 3.05) is 0 Å². The topological polar surface area (TPSA) is 27.7 Å². The molecule has 0 unspecified atom stereocenters. The monoisotopic (exact) mass is 984 g/mol. The zero-order valence-corrected chi connectivity index (χ0v) is 42.5. The van der Waals surface area contributed by atoms with Crippen molar-refractivity contribution in [3.05, 3.63) is 291 Å². The van der Waals surface area contributed by atoms with Gasteiger partial charge in [-0.05, 0) is 97.6 Å². The number of pyridine rings is 1. The summed E-state index contributed by atoms with van der Waals surface area (Å²) in [7, 11) is -2.97. The maximum atomic E-state index is 5.71. The molecule has 0 amide bonds. The normalized spacial score (nSPS) is 11.9. The second-order valence-corrected chi connectivity index (χ2v) is 23.5. The Kier molecular flexibility index (Phi) is 10.2. The molecule has 0 N–H and O–H groups in total. The summed E-state index contributed by atoms with van der Waals surface area (Å²) in [6.45, 7) is 0. The van der Waals surface area contributed by atoms with Gasteiger partial charge in [0.1, 0.15) is 11.6 Å². The van der Waals surface area contributed by atoms with E-state index in [0.717, 1.165) is 66.9 Å². The molecule has 0 bridgehead atoms. The van der Waals surface area contributed by atoms with Crippen molar-refractivity contribution in [3.63, 3.8) is 0 Å². The Morgan fingerprint density at radius 1 is 0.276 bits per heavy atom. The van der Waals surface area contributed by atoms with Gasteiger partial charge in [0, 0.05) is 32.3 Å². The second kappa shape index (κ2) is 17.7. The van der Waals surface area contributed by atoms with Gasteiger partial charge in [0.15, 0.2) is 8.07 Å². The molecule has 0 radical (unpaired) electrons. The van der Waals surface area contributed by atoms with Crippen LogP contribution < -0.4 is 20.7 Å². The molecule has 15 rings (SSSR count). The molecule has 0 aliphatic heterocycles. The Labute approximate surface area is 441 Å². The van der Waals surface area contributed by atoms with Crippen LogP contribution in [-0.2, 0) is 0 Å². The Balaban J connectivity index is 1.06. The zero-order chi connectivity index (χ0) is 50.2. The van der Waals surface area contributed by atoms with E-state index >= 15 is 0 Å². The minimum atomic E-state index is -2.97. The number of rotatable bonds is 9. The zero-order valence-electron chi connectivity index (χ0n) is 41.5. The molecule has 4 aromatic heterocycles. The molecule has 15 aromatic rings. The van der Waals surface area contributed by atoms with Gasteiger partial charge in [0.05, 0.1) is 38.8 Å². The summed E-state index contributed by atoms with van der Waals surface area (Å²) in [5.41, 5.74) is 12.5. The lowest BCUT2D eigenvalue weighted by atomic mass is 9.95. The second-order valence-electron chi connectivity index (χ2n) is 19.8. The third kappa shape index (κ3) is 6.59. The van der Waals surface area contributed by atoms with Gasteiger partial charge in [-0.2, -0.15) is 0 Å². The van der Waals surface area contributed by atoms with Crippen molar-refractivity contribution >= 4 is 94.2 Å². The van der Waals surface area contributed by atoms with Crippen LogP contribution in [0.15, 0.2) is 291 Å². The van der Waals surface area contributed by atoms with E-state index in [2.05, 4.69) is 305 Å². The smallest absolute Gasteiger partial charge is 0.180 e. The first-order chi connectivity index (χ1) is 37.8. The number of para-hydroxylation sites is 5. The Morgan fingerprint density at radius 3 is 1.18 bits per heavy atom. The summed E-state index contributed by atoms with van der Waals surface area (Å²) in [6, 6.07) is 107. The fourth-order valence-electron chi connectivity index (χ4n) is 12.7. The summed E-state index contributed by atoms with van der Waals surface area (Å²) in [4.78, 5) is 5.71. The average molecular weight is 985 g/mol. The quantitative estimate of drug-likeness (QED) is 0.105. The molecule has 4 nitrogen and oxygen atoms in total. The minimum Gasteiger partial charge on any atom is -0.307 e. The Hall–Kier alpha value is -9.81. The van der Waals surface area contributed by atoms with Gasteiger partial charge in [-0.25, -0.2) is 4.98 Å². The molecule has 0 fully saturated rings. The first kappa shape index (κ1) is 43.7. The van der Waals surface area contributed by atoms with Gasteiger partial charge in [-0.1, -0.05) is 237 Å². The average Bonchev–Trinajstić information content (AvgIpc) is 4.15. The van der Waals surface area contributed by atoms with Crippen LogP contribution in [-0.4, -0.2) is 26.8 Å². The van der Waals surface area contributed by atoms with Gasteiger partial charge in [0.2, 0.25) is 0 Å². The number of fused-ring (bicyclic) bond motifs is 9. The lowest BCUT2D eigenvalue weighted by molar-refractivity contribution is 1.01. The molecular weight excluding hydrogens is 937 g/mol. The SMILES string of the molecule is c1ccc(-c2cc(-c3ccc(-n4c5ccccc5c5ccccc54)c4c3c3ccccc3n4-c3cccc(-n4c5ccccc5c5ccccc54)n3)ccc2[Si](c2ccccc2)(c2ccccc2)c2ccccc2)cc1. The van der Waals surface area contributed by atoms with Crippen LogP contribution in [0.3, 0.4) is 0 Å². The molecule has 0 aliphatic rings. The predicted molar refractivity (Wildman–Crippen MR) is 322 cm³/mol. The first-order valence-electron chi connectivity index (χ1n) is 26.1. The molecule has 11 aromatic carbocycles. The molecule has 4 heterocycles. The van der Waals surface area contributed by atoms with E-state index < -0.39 is 8.07 Å². The molecule has 0 saturated carbocycles. The van der Waals surface area contributed by atoms with Gasteiger partial charge in [-0.15, -0.1) is 0 Å². The summed E-state index contributed by atoms with van der Waals surface area (Å²) in [5, 5.41) is 12.5. The molecular formula is C71H48N4Si. The van der Waals surface area contributed by atoms with Crippen LogP contribution in [0.2, 0.25) is 0 Å². The summed E-state index contributed by atoms with van der Waals surface area (Å²) < 4.78 is 7.22. The maximum Gasteiger partial charge on any atom is 0.180 e. The van der Waals surface area contributed by atoms with Crippen molar-refractivity contribution in [2.45, 2.75) is 0 Å². The summed E-state index contributed by atoms with van der Waals surface area (Å²) in [5.74, 6) is 1.70. The highest BCUT2D eigenvalue weighted by atomic mass is 28.3. The van der Waals surface area contributed by atoms with E-state index in [1.807, 2.05) is 0 Å². The van der Waals surface area contributed by atoms with Crippen LogP contribution in [0, 0.1) is 0 Å². The van der Waals surface area contributed by atoms with E-state index in [1.54, 1.807) is 0 Å². The van der Waals surface area contributed by atoms with Crippen LogP contribution in [0.25, 0.3) is 105 Å². The summed E-state index contributed by atoms with van der Waals surface area (Å²) >= 11 is 0. The van der Waals surface area contributed by atoms with Crippen molar-refractivity contribution in [1.82, 2.24) is 18.7 Å². The van der Waals surface area contributed by atoms with Crippen LogP contribution in [0.4, 0.5) is 0 Å². The molecule has 0 atom stereocenters. The molecule has 0 spiro atoms. The highest BCUT2D eigenvalue weighted by Gasteiger charge is 2.43. The third-order valence-corrected chi connectivity index (χ3v) is 20.7. The number of benzene rings is 11. The van der Waals surface area contributed by atoms with Crippen LogP contribution in [0.5, 0.6) is 0 Å². The van der Waals surface area contributed by atoms with Crippen LogP contribution >= 0.6 is 0 Å². The van der Waals surface area contributed by atoms with E-state index in [0.29, 0.717) is 0 Å². The first-order valence-corrected chi connectivity index (χ1v) is 28.1. The molecule has 0 saturated heterocycles.